The first-order chi connectivity index (χ1) is 11.9. The van der Waals surface area contributed by atoms with Crippen molar-refractivity contribution in [3.63, 3.8) is 0 Å². The SMILES string of the molecule is Cc1ccc(NC(=O)NC(CO)C(O)c2ccc([N+](=O)[O-])cc2)cc1. The summed E-state index contributed by atoms with van der Waals surface area (Å²) in [5.74, 6) is 0. The van der Waals surface area contributed by atoms with Crippen LogP contribution in [-0.4, -0.2) is 33.8 Å². The van der Waals surface area contributed by atoms with Gasteiger partial charge < -0.3 is 20.8 Å². The van der Waals surface area contributed by atoms with Gasteiger partial charge in [-0.1, -0.05) is 17.7 Å². The molecule has 132 valence electrons. The Kier molecular flexibility index (Phi) is 6.04. The van der Waals surface area contributed by atoms with Gasteiger partial charge in [0.25, 0.3) is 5.69 Å². The number of hydrogen-bond donors (Lipinski definition) is 4. The number of anilines is 1. The molecular weight excluding hydrogens is 326 g/mol. The van der Waals surface area contributed by atoms with Crippen molar-refractivity contribution in [1.29, 1.82) is 0 Å². The lowest BCUT2D eigenvalue weighted by molar-refractivity contribution is -0.384. The summed E-state index contributed by atoms with van der Waals surface area (Å²) in [5.41, 5.74) is 1.86. The van der Waals surface area contributed by atoms with Crippen LogP contribution in [0.15, 0.2) is 48.5 Å². The summed E-state index contributed by atoms with van der Waals surface area (Å²) in [4.78, 5) is 22.1. The lowest BCUT2D eigenvalue weighted by Gasteiger charge is -2.22. The topological polar surface area (TPSA) is 125 Å². The van der Waals surface area contributed by atoms with Gasteiger partial charge in [-0.05, 0) is 36.8 Å². The molecule has 2 aromatic rings. The van der Waals surface area contributed by atoms with Gasteiger partial charge in [-0.3, -0.25) is 10.1 Å². The molecule has 0 heterocycles. The van der Waals surface area contributed by atoms with Gasteiger partial charge in [0.2, 0.25) is 0 Å². The molecule has 0 fully saturated rings. The van der Waals surface area contributed by atoms with Gasteiger partial charge in [0.15, 0.2) is 0 Å². The molecule has 0 saturated carbocycles. The van der Waals surface area contributed by atoms with Gasteiger partial charge >= 0.3 is 6.03 Å². The lowest BCUT2D eigenvalue weighted by Crippen LogP contribution is -2.44. The molecule has 0 spiro atoms. The highest BCUT2D eigenvalue weighted by Crippen LogP contribution is 2.20. The van der Waals surface area contributed by atoms with Gasteiger partial charge in [-0.15, -0.1) is 0 Å². The summed E-state index contributed by atoms with van der Waals surface area (Å²) < 4.78 is 0. The first-order valence-electron chi connectivity index (χ1n) is 7.58. The monoisotopic (exact) mass is 345 g/mol. The average molecular weight is 345 g/mol. The second-order valence-corrected chi connectivity index (χ2v) is 5.55. The summed E-state index contributed by atoms with van der Waals surface area (Å²) in [6, 6.07) is 10.9. The Bertz CT molecular complexity index is 731. The molecule has 4 N–H and O–H groups in total. The van der Waals surface area contributed by atoms with Crippen LogP contribution in [0.3, 0.4) is 0 Å². The first-order valence-corrected chi connectivity index (χ1v) is 7.58. The van der Waals surface area contributed by atoms with Crippen LogP contribution in [0.2, 0.25) is 0 Å². The van der Waals surface area contributed by atoms with E-state index in [-0.39, 0.29) is 5.69 Å². The second kappa shape index (κ2) is 8.22. The fourth-order valence-electron chi connectivity index (χ4n) is 2.22. The molecular formula is C17H19N3O5. The van der Waals surface area contributed by atoms with E-state index in [0.717, 1.165) is 5.56 Å². The van der Waals surface area contributed by atoms with Gasteiger partial charge in [0.1, 0.15) is 6.10 Å². The van der Waals surface area contributed by atoms with E-state index < -0.39 is 29.7 Å². The third kappa shape index (κ3) is 5.00. The Hall–Kier alpha value is -2.97. The van der Waals surface area contributed by atoms with Crippen molar-refractivity contribution < 1.29 is 19.9 Å². The molecule has 2 atom stereocenters. The van der Waals surface area contributed by atoms with Gasteiger partial charge in [0, 0.05) is 17.8 Å². The number of hydrogen-bond acceptors (Lipinski definition) is 5. The maximum absolute atomic E-state index is 12.0. The van der Waals surface area contributed by atoms with Crippen LogP contribution >= 0.6 is 0 Å². The molecule has 25 heavy (non-hydrogen) atoms. The quantitative estimate of drug-likeness (QED) is 0.471. The summed E-state index contributed by atoms with van der Waals surface area (Å²) in [5, 5.41) is 35.5. The highest BCUT2D eigenvalue weighted by molar-refractivity contribution is 5.89. The summed E-state index contributed by atoms with van der Waals surface area (Å²) in [7, 11) is 0. The number of non-ortho nitro benzene ring substituents is 1. The van der Waals surface area contributed by atoms with Crippen molar-refractivity contribution in [2.45, 2.75) is 19.1 Å². The number of amides is 2. The third-order valence-corrected chi connectivity index (χ3v) is 3.65. The minimum atomic E-state index is -1.21. The molecule has 8 heteroatoms. The van der Waals surface area contributed by atoms with E-state index in [1.54, 1.807) is 12.1 Å². The number of nitro benzene ring substituents is 1. The number of nitro groups is 1. The summed E-state index contributed by atoms with van der Waals surface area (Å²) in [6.45, 7) is 1.42. The van der Waals surface area contributed by atoms with Crippen LogP contribution < -0.4 is 10.6 Å². The predicted molar refractivity (Wildman–Crippen MR) is 92.3 cm³/mol. The van der Waals surface area contributed by atoms with Crippen LogP contribution in [0.5, 0.6) is 0 Å². The van der Waals surface area contributed by atoms with Crippen LogP contribution in [0.1, 0.15) is 17.2 Å². The maximum atomic E-state index is 12.0. The number of benzene rings is 2. The molecule has 0 aliphatic heterocycles. The summed E-state index contributed by atoms with van der Waals surface area (Å²) >= 11 is 0. The van der Waals surface area contributed by atoms with Crippen molar-refractivity contribution in [2.75, 3.05) is 11.9 Å². The molecule has 8 nitrogen and oxygen atoms in total. The Morgan fingerprint density at radius 2 is 1.76 bits per heavy atom. The standard InChI is InChI=1S/C17H19N3O5/c1-11-2-6-13(7-3-11)18-17(23)19-15(10-21)16(22)12-4-8-14(9-5-12)20(24)25/h2-9,15-16,21-22H,10H2,1H3,(H2,18,19,23). The van der Waals surface area contributed by atoms with E-state index >= 15 is 0 Å². The maximum Gasteiger partial charge on any atom is 0.319 e. The van der Waals surface area contributed by atoms with Crippen LogP contribution in [0.25, 0.3) is 0 Å². The molecule has 0 aliphatic carbocycles. The van der Waals surface area contributed by atoms with Gasteiger partial charge in [-0.25, -0.2) is 4.79 Å². The summed E-state index contributed by atoms with van der Waals surface area (Å²) in [6.07, 6.45) is -1.21. The Morgan fingerprint density at radius 3 is 2.28 bits per heavy atom. The molecule has 0 bridgehead atoms. The molecule has 0 radical (unpaired) electrons. The Balaban J connectivity index is 2.01. The van der Waals surface area contributed by atoms with E-state index in [9.17, 15) is 25.1 Å². The van der Waals surface area contributed by atoms with Crippen molar-refractivity contribution in [3.05, 3.63) is 69.8 Å². The minimum Gasteiger partial charge on any atom is -0.394 e. The smallest absolute Gasteiger partial charge is 0.319 e. The zero-order valence-electron chi connectivity index (χ0n) is 13.5. The zero-order chi connectivity index (χ0) is 18.4. The zero-order valence-corrected chi connectivity index (χ0v) is 13.5. The number of rotatable bonds is 6. The fraction of sp³-hybridized carbons (Fsp3) is 0.235. The highest BCUT2D eigenvalue weighted by atomic mass is 16.6. The van der Waals surface area contributed by atoms with Crippen LogP contribution in [0, 0.1) is 17.0 Å². The molecule has 0 saturated heterocycles. The van der Waals surface area contributed by atoms with Crippen molar-refractivity contribution in [3.8, 4) is 0 Å². The average Bonchev–Trinajstić information content (AvgIpc) is 2.61. The number of aliphatic hydroxyl groups is 2. The highest BCUT2D eigenvalue weighted by Gasteiger charge is 2.23. The lowest BCUT2D eigenvalue weighted by atomic mass is 10.0. The van der Waals surface area contributed by atoms with Crippen LogP contribution in [0.4, 0.5) is 16.2 Å². The first kappa shape index (κ1) is 18.4. The second-order valence-electron chi connectivity index (χ2n) is 5.55. The number of nitrogens with zero attached hydrogens (tertiary/aromatic N) is 1. The van der Waals surface area contributed by atoms with Crippen LogP contribution in [-0.2, 0) is 0 Å². The normalized spacial score (nSPS) is 12.9. The molecule has 0 aromatic heterocycles. The molecule has 2 amide bonds. The van der Waals surface area contributed by atoms with E-state index in [4.69, 9.17) is 0 Å². The molecule has 2 unspecified atom stereocenters. The van der Waals surface area contributed by atoms with Crippen molar-refractivity contribution >= 4 is 17.4 Å². The number of urea groups is 1. The van der Waals surface area contributed by atoms with Crippen molar-refractivity contribution in [1.82, 2.24) is 5.32 Å². The largest absolute Gasteiger partial charge is 0.394 e. The van der Waals surface area contributed by atoms with E-state index in [1.807, 2.05) is 19.1 Å². The number of aliphatic hydroxyl groups excluding tert-OH is 2. The Morgan fingerprint density at radius 1 is 1.16 bits per heavy atom. The number of carbonyl (C=O) groups excluding carboxylic acids is 1. The Labute approximate surface area is 144 Å². The van der Waals surface area contributed by atoms with E-state index in [0.29, 0.717) is 11.3 Å². The minimum absolute atomic E-state index is 0.110. The molecule has 2 rings (SSSR count). The number of nitrogens with one attached hydrogen (secondary N) is 2. The molecule has 0 aliphatic rings. The third-order valence-electron chi connectivity index (χ3n) is 3.65. The predicted octanol–water partition coefficient (Wildman–Crippen LogP) is 2.12. The number of carbonyl (C=O) groups is 1. The van der Waals surface area contributed by atoms with E-state index in [2.05, 4.69) is 10.6 Å². The fourth-order valence-corrected chi connectivity index (χ4v) is 2.22. The van der Waals surface area contributed by atoms with Gasteiger partial charge in [0.05, 0.1) is 17.6 Å². The number of aryl methyl sites for hydroxylation is 1. The van der Waals surface area contributed by atoms with Gasteiger partial charge in [-0.2, -0.15) is 0 Å². The van der Waals surface area contributed by atoms with Crippen molar-refractivity contribution in [2.24, 2.45) is 0 Å². The molecule has 2 aromatic carbocycles. The van der Waals surface area contributed by atoms with E-state index in [1.165, 1.54) is 24.3 Å².